The molecular weight excluding hydrogens is 346 g/mol. The standard InChI is InChI=1S/C20H23N3O4/c1-2-21(15-16-7-4-3-5-8-16)19(25)20(26)23-12-10-22(11-13-23)18(24)17-9-6-14-27-17/h3-9,14H,2,10-13,15H2,1H3. The zero-order valence-corrected chi connectivity index (χ0v) is 15.3. The Labute approximate surface area is 158 Å². The van der Waals surface area contributed by atoms with Crippen molar-refractivity contribution < 1.29 is 18.8 Å². The molecule has 0 bridgehead atoms. The molecule has 0 radical (unpaired) electrons. The van der Waals surface area contributed by atoms with Gasteiger partial charge in [-0.3, -0.25) is 14.4 Å². The maximum absolute atomic E-state index is 12.6. The molecule has 1 fully saturated rings. The van der Waals surface area contributed by atoms with Crippen LogP contribution in [0.15, 0.2) is 53.1 Å². The molecular formula is C20H23N3O4. The molecule has 2 aromatic rings. The maximum atomic E-state index is 12.6. The molecule has 0 spiro atoms. The summed E-state index contributed by atoms with van der Waals surface area (Å²) in [5.41, 5.74) is 0.981. The van der Waals surface area contributed by atoms with Gasteiger partial charge < -0.3 is 19.1 Å². The number of carbonyl (C=O) groups is 3. The minimum Gasteiger partial charge on any atom is -0.459 e. The Hall–Kier alpha value is -3.09. The normalized spacial score (nSPS) is 14.1. The first-order valence-corrected chi connectivity index (χ1v) is 9.05. The highest BCUT2D eigenvalue weighted by Gasteiger charge is 2.31. The summed E-state index contributed by atoms with van der Waals surface area (Å²) in [6.07, 6.45) is 1.46. The van der Waals surface area contributed by atoms with E-state index in [0.717, 1.165) is 5.56 Å². The fourth-order valence-corrected chi connectivity index (χ4v) is 3.07. The van der Waals surface area contributed by atoms with Gasteiger partial charge in [0.15, 0.2) is 5.76 Å². The molecule has 142 valence electrons. The molecule has 1 aliphatic heterocycles. The van der Waals surface area contributed by atoms with Crippen LogP contribution in [0.2, 0.25) is 0 Å². The second kappa shape index (κ2) is 8.53. The third kappa shape index (κ3) is 4.36. The number of benzene rings is 1. The van der Waals surface area contributed by atoms with Crippen molar-refractivity contribution in [3.63, 3.8) is 0 Å². The second-order valence-corrected chi connectivity index (χ2v) is 6.37. The lowest BCUT2D eigenvalue weighted by atomic mass is 10.2. The van der Waals surface area contributed by atoms with Crippen LogP contribution in [0.4, 0.5) is 0 Å². The lowest BCUT2D eigenvalue weighted by Crippen LogP contribution is -2.54. The summed E-state index contributed by atoms with van der Waals surface area (Å²) in [4.78, 5) is 42.2. The first-order chi connectivity index (χ1) is 13.1. The Kier molecular flexibility index (Phi) is 5.90. The SMILES string of the molecule is CCN(Cc1ccccc1)C(=O)C(=O)N1CCN(C(=O)c2ccco2)CC1. The van der Waals surface area contributed by atoms with E-state index in [4.69, 9.17) is 4.42 Å². The van der Waals surface area contributed by atoms with Gasteiger partial charge in [0.1, 0.15) is 0 Å². The molecule has 27 heavy (non-hydrogen) atoms. The Morgan fingerprint density at radius 2 is 1.63 bits per heavy atom. The Balaban J connectivity index is 1.56. The van der Waals surface area contributed by atoms with Crippen molar-refractivity contribution in [2.24, 2.45) is 0 Å². The van der Waals surface area contributed by atoms with Gasteiger partial charge in [-0.1, -0.05) is 30.3 Å². The van der Waals surface area contributed by atoms with Gasteiger partial charge in [-0.2, -0.15) is 0 Å². The van der Waals surface area contributed by atoms with Gasteiger partial charge in [0.2, 0.25) is 0 Å². The van der Waals surface area contributed by atoms with E-state index in [1.165, 1.54) is 16.1 Å². The maximum Gasteiger partial charge on any atom is 0.312 e. The number of hydrogen-bond acceptors (Lipinski definition) is 4. The molecule has 2 heterocycles. The van der Waals surface area contributed by atoms with E-state index in [0.29, 0.717) is 39.3 Å². The largest absolute Gasteiger partial charge is 0.459 e. The molecule has 0 unspecified atom stereocenters. The van der Waals surface area contributed by atoms with Crippen molar-refractivity contribution >= 4 is 17.7 Å². The molecule has 1 aromatic heterocycles. The summed E-state index contributed by atoms with van der Waals surface area (Å²) in [6, 6.07) is 12.9. The van der Waals surface area contributed by atoms with Crippen molar-refractivity contribution in [3.8, 4) is 0 Å². The van der Waals surface area contributed by atoms with Gasteiger partial charge in [0.25, 0.3) is 5.91 Å². The van der Waals surface area contributed by atoms with Crippen LogP contribution in [0, 0.1) is 0 Å². The summed E-state index contributed by atoms with van der Waals surface area (Å²) >= 11 is 0. The van der Waals surface area contributed by atoms with Crippen LogP contribution in [0.1, 0.15) is 23.0 Å². The predicted molar refractivity (Wildman–Crippen MR) is 98.7 cm³/mol. The summed E-state index contributed by atoms with van der Waals surface area (Å²) in [6.45, 7) is 4.13. The predicted octanol–water partition coefficient (Wildman–Crippen LogP) is 1.61. The topological polar surface area (TPSA) is 74.1 Å². The van der Waals surface area contributed by atoms with Crippen molar-refractivity contribution in [2.75, 3.05) is 32.7 Å². The Bertz CT molecular complexity index is 781. The molecule has 7 heteroatoms. The molecule has 1 saturated heterocycles. The van der Waals surface area contributed by atoms with Crippen molar-refractivity contribution in [1.82, 2.24) is 14.7 Å². The third-order valence-electron chi connectivity index (χ3n) is 4.65. The average Bonchev–Trinajstić information content (AvgIpc) is 3.26. The third-order valence-corrected chi connectivity index (χ3v) is 4.65. The summed E-state index contributed by atoms with van der Waals surface area (Å²) in [5.74, 6) is -0.936. The average molecular weight is 369 g/mol. The molecule has 0 aliphatic carbocycles. The van der Waals surface area contributed by atoms with Crippen LogP contribution in [0.5, 0.6) is 0 Å². The van der Waals surface area contributed by atoms with Gasteiger partial charge in [-0.15, -0.1) is 0 Å². The Morgan fingerprint density at radius 3 is 2.22 bits per heavy atom. The quantitative estimate of drug-likeness (QED) is 0.768. The smallest absolute Gasteiger partial charge is 0.312 e. The number of carbonyl (C=O) groups excluding carboxylic acids is 3. The molecule has 0 N–H and O–H groups in total. The lowest BCUT2D eigenvalue weighted by molar-refractivity contribution is -0.152. The highest BCUT2D eigenvalue weighted by atomic mass is 16.3. The highest BCUT2D eigenvalue weighted by molar-refractivity contribution is 6.34. The minimum atomic E-state index is -0.516. The fraction of sp³-hybridized carbons (Fsp3) is 0.350. The van der Waals surface area contributed by atoms with E-state index in [2.05, 4.69) is 0 Å². The van der Waals surface area contributed by atoms with E-state index >= 15 is 0 Å². The van der Waals surface area contributed by atoms with Gasteiger partial charge in [0.05, 0.1) is 6.26 Å². The van der Waals surface area contributed by atoms with E-state index in [9.17, 15) is 14.4 Å². The van der Waals surface area contributed by atoms with Crippen LogP contribution in [0.25, 0.3) is 0 Å². The van der Waals surface area contributed by atoms with E-state index in [1.807, 2.05) is 37.3 Å². The monoisotopic (exact) mass is 369 g/mol. The number of hydrogen-bond donors (Lipinski definition) is 0. The first-order valence-electron chi connectivity index (χ1n) is 9.05. The molecule has 7 nitrogen and oxygen atoms in total. The van der Waals surface area contributed by atoms with Crippen LogP contribution in [0.3, 0.4) is 0 Å². The Morgan fingerprint density at radius 1 is 0.963 bits per heavy atom. The fourth-order valence-electron chi connectivity index (χ4n) is 3.07. The number of furan rings is 1. The second-order valence-electron chi connectivity index (χ2n) is 6.37. The molecule has 3 amide bonds. The zero-order valence-electron chi connectivity index (χ0n) is 15.3. The van der Waals surface area contributed by atoms with Gasteiger partial charge in [0, 0.05) is 39.3 Å². The highest BCUT2D eigenvalue weighted by Crippen LogP contribution is 2.11. The number of rotatable bonds is 4. The van der Waals surface area contributed by atoms with Gasteiger partial charge in [-0.25, -0.2) is 0 Å². The summed E-state index contributed by atoms with van der Waals surface area (Å²) in [7, 11) is 0. The summed E-state index contributed by atoms with van der Waals surface area (Å²) in [5, 5.41) is 0. The molecule has 0 atom stereocenters. The van der Waals surface area contributed by atoms with Crippen LogP contribution >= 0.6 is 0 Å². The van der Waals surface area contributed by atoms with Crippen LogP contribution in [-0.2, 0) is 16.1 Å². The van der Waals surface area contributed by atoms with Crippen LogP contribution in [-0.4, -0.2) is 65.1 Å². The van der Waals surface area contributed by atoms with E-state index in [1.54, 1.807) is 17.0 Å². The van der Waals surface area contributed by atoms with Gasteiger partial charge >= 0.3 is 11.8 Å². The van der Waals surface area contributed by atoms with Crippen LogP contribution < -0.4 is 0 Å². The zero-order chi connectivity index (χ0) is 19.2. The van der Waals surface area contributed by atoms with E-state index < -0.39 is 11.8 Å². The molecule has 1 aliphatic rings. The number of likely N-dealkylation sites (N-methyl/N-ethyl adjacent to an activating group) is 1. The first kappa shape index (κ1) is 18.7. The minimum absolute atomic E-state index is 0.197. The van der Waals surface area contributed by atoms with Gasteiger partial charge in [-0.05, 0) is 24.6 Å². The molecule has 3 rings (SSSR count). The summed E-state index contributed by atoms with van der Waals surface area (Å²) < 4.78 is 5.13. The molecule has 1 aromatic carbocycles. The van der Waals surface area contributed by atoms with Crippen molar-refractivity contribution in [3.05, 3.63) is 60.1 Å². The lowest BCUT2D eigenvalue weighted by Gasteiger charge is -2.34. The van der Waals surface area contributed by atoms with E-state index in [-0.39, 0.29) is 11.7 Å². The van der Waals surface area contributed by atoms with Crippen molar-refractivity contribution in [1.29, 1.82) is 0 Å². The number of piperazine rings is 1. The molecule has 0 saturated carbocycles. The van der Waals surface area contributed by atoms with Crippen molar-refractivity contribution in [2.45, 2.75) is 13.5 Å². The number of nitrogens with zero attached hydrogens (tertiary/aromatic N) is 3. The number of amides is 3.